The van der Waals surface area contributed by atoms with E-state index >= 15 is 0 Å². The van der Waals surface area contributed by atoms with Crippen LogP contribution in [0, 0.1) is 23.6 Å². The number of phenols is 2. The summed E-state index contributed by atoms with van der Waals surface area (Å²) in [5, 5.41) is 112. The Morgan fingerprint density at radius 1 is 0.336 bits per heavy atom. The number of phenolic OH excluding ortho intramolecular Hbond substituents is 2. The van der Waals surface area contributed by atoms with Gasteiger partial charge in [-0.2, -0.15) is 45.9 Å². The van der Waals surface area contributed by atoms with Crippen LogP contribution in [0.25, 0.3) is 0 Å². The average molecular weight is 2010 g/mol. The highest BCUT2D eigenvalue weighted by molar-refractivity contribution is 6.30. The summed E-state index contributed by atoms with van der Waals surface area (Å²) in [6, 6.07) is 36.3. The van der Waals surface area contributed by atoms with Gasteiger partial charge in [0.2, 0.25) is 52.4 Å². The fourth-order valence-electron chi connectivity index (χ4n) is 12.8. The predicted molar refractivity (Wildman–Crippen MR) is 524 cm³/mol. The van der Waals surface area contributed by atoms with Gasteiger partial charge in [-0.25, -0.2) is 49.2 Å². The summed E-state index contributed by atoms with van der Waals surface area (Å²) in [7, 11) is 0. The summed E-state index contributed by atoms with van der Waals surface area (Å²) in [4.78, 5) is 138. The fraction of sp³-hybridized carbons (Fsp3) is 0.312. The van der Waals surface area contributed by atoms with E-state index in [1.54, 1.807) is 72.8 Å². The minimum Gasteiger partial charge on any atom is -0.508 e. The van der Waals surface area contributed by atoms with Crippen LogP contribution in [0.5, 0.6) is 11.5 Å². The van der Waals surface area contributed by atoms with Crippen molar-refractivity contribution in [3.05, 3.63) is 330 Å². The zero-order chi connectivity index (χ0) is 105. The zero-order valence-corrected chi connectivity index (χ0v) is 82.0. The topological polar surface area (TPSA) is 662 Å². The Morgan fingerprint density at radius 2 is 0.623 bits per heavy atom. The van der Waals surface area contributed by atoms with Crippen molar-refractivity contribution >= 4 is 64.8 Å². The van der Waals surface area contributed by atoms with Crippen LogP contribution in [-0.4, -0.2) is 236 Å². The molecule has 5 aromatic carbocycles. The molecule has 1 saturated heterocycles. The third kappa shape index (κ3) is 45.6. The highest BCUT2D eigenvalue weighted by Crippen LogP contribution is 2.29. The van der Waals surface area contributed by atoms with Gasteiger partial charge in [0.15, 0.2) is 0 Å². The van der Waals surface area contributed by atoms with Gasteiger partial charge in [-0.05, 0) is 167 Å². The first-order valence-corrected chi connectivity index (χ1v) is 45.9. The largest absolute Gasteiger partial charge is 0.508 e. The van der Waals surface area contributed by atoms with E-state index in [2.05, 4.69) is 238 Å². The highest BCUT2D eigenvalue weighted by atomic mass is 35.5. The Morgan fingerprint density at radius 3 is 0.938 bits per heavy atom. The Kier molecular flexibility index (Phi) is 48.5. The van der Waals surface area contributed by atoms with Gasteiger partial charge in [-0.15, -0.1) is 45.9 Å². The van der Waals surface area contributed by atoms with Gasteiger partial charge < -0.3 is 63.4 Å². The van der Waals surface area contributed by atoms with Crippen LogP contribution < -0.4 is 53.2 Å². The molecule has 48 nitrogen and oxygen atoms in total. The summed E-state index contributed by atoms with van der Waals surface area (Å²) in [5.41, 5.74) is 4.43. The lowest BCUT2D eigenvalue weighted by Crippen LogP contribution is -2.62. The molecule has 0 spiro atoms. The predicted octanol–water partition coefficient (Wildman–Crippen LogP) is 7.21. The summed E-state index contributed by atoms with van der Waals surface area (Å²) in [5.74, 6) is -0.361. The van der Waals surface area contributed by atoms with Gasteiger partial charge in [0.05, 0.1) is 55.8 Å². The molecule has 9 aromatic heterocycles. The Labute approximate surface area is 843 Å². The van der Waals surface area contributed by atoms with Crippen LogP contribution in [0.1, 0.15) is 231 Å². The number of nitrogens with one attached hydrogen (secondary N) is 10. The maximum absolute atomic E-state index is 12.6. The van der Waals surface area contributed by atoms with E-state index in [1.807, 2.05) is 56.3 Å². The normalized spacial score (nSPS) is 13.2. The molecule has 9 amide bonds. The monoisotopic (exact) mass is 2010 g/mol. The second kappa shape index (κ2) is 62.4. The van der Waals surface area contributed by atoms with Crippen LogP contribution in [0.4, 0.5) is 4.39 Å². The number of aromatic hydroxyl groups is 2. The van der Waals surface area contributed by atoms with Crippen LogP contribution >= 0.6 is 11.6 Å². The van der Waals surface area contributed by atoms with E-state index in [4.69, 9.17) is 16.7 Å². The molecule has 10 heterocycles. The molecule has 1 aliphatic heterocycles. The molecule has 0 atom stereocenters. The second-order valence-corrected chi connectivity index (χ2v) is 34.1. The number of carbonyl (C=O) groups is 9. The summed E-state index contributed by atoms with van der Waals surface area (Å²) in [6.45, 7) is 22.1. The number of piperidine rings is 1. The number of halogens is 2. The van der Waals surface area contributed by atoms with Gasteiger partial charge in [0.25, 0.3) is 53.2 Å². The first-order chi connectivity index (χ1) is 70.3. The van der Waals surface area contributed by atoms with E-state index < -0.39 is 11.8 Å². The van der Waals surface area contributed by atoms with Crippen LogP contribution in [-0.2, 0) is 32.7 Å². The molecule has 2 aliphatic rings. The van der Waals surface area contributed by atoms with Gasteiger partial charge >= 0.3 is 0 Å². The second-order valence-electron chi connectivity index (χ2n) is 33.6. The molecule has 14 aromatic rings. The van der Waals surface area contributed by atoms with Gasteiger partial charge in [-0.3, -0.25) is 43.2 Å². The van der Waals surface area contributed by atoms with Crippen LogP contribution in [0.15, 0.2) is 239 Å². The van der Waals surface area contributed by atoms with Crippen molar-refractivity contribution in [2.24, 2.45) is 17.8 Å². The number of aromatic nitrogens is 27. The molecular formula is C96H111ClFN37O11. The van der Waals surface area contributed by atoms with Crippen molar-refractivity contribution in [1.29, 1.82) is 0 Å². The molecule has 16 rings (SSSR count). The SMILES string of the molecule is CC(C)CCNC(=O)c1nccnn1.CC(C)CNC(=O)c1nccnn1.CC1(C)CC(NC(=O)c2nccnn2)CC(C)(C)N1.CC1CCC(NC(=O)c2nccnn2)CC1.O=C(NCc1ccc(Cl)cc1)c1nccnn1.O=C(NCc1ccc(F)cc1)c1nccnn1.O=C(NCc1ccc(O)cc1)c1nccnn1.O=C(NCc1cccc(O)c1)c1nccnn1.O=C(NCc1ccccc1)c1nccnn1. The van der Waals surface area contributed by atoms with E-state index in [1.165, 1.54) is 137 Å². The van der Waals surface area contributed by atoms with Crippen LogP contribution in [0.3, 0.4) is 0 Å². The zero-order valence-electron chi connectivity index (χ0n) is 81.2. The molecule has 2 fully saturated rings. The van der Waals surface area contributed by atoms with Gasteiger partial charge in [0, 0.05) is 130 Å². The fourth-order valence-corrected chi connectivity index (χ4v) is 12.9. The minimum atomic E-state index is -0.414. The van der Waals surface area contributed by atoms with E-state index in [0.717, 1.165) is 65.8 Å². The molecule has 146 heavy (non-hydrogen) atoms. The number of nitrogens with zero attached hydrogens (tertiary/aromatic N) is 27. The number of amides is 9. The Bertz CT molecular complexity index is 5980. The quantitative estimate of drug-likeness (QED) is 0.0255. The van der Waals surface area contributed by atoms with Crippen molar-refractivity contribution < 1.29 is 57.8 Å². The number of carbonyl (C=O) groups excluding carboxylic acids is 9. The average Bonchev–Trinajstić information content (AvgIpc) is 0.803. The third-order valence-corrected chi connectivity index (χ3v) is 19.8. The molecule has 1 aliphatic carbocycles. The lowest BCUT2D eigenvalue weighted by atomic mass is 9.79. The van der Waals surface area contributed by atoms with Crippen LogP contribution in [0.2, 0.25) is 5.02 Å². The van der Waals surface area contributed by atoms with E-state index in [-0.39, 0.29) is 141 Å². The van der Waals surface area contributed by atoms with E-state index in [0.29, 0.717) is 56.1 Å². The number of hydrogen-bond acceptors (Lipinski definition) is 39. The standard InChI is InChI=1S/C13H21N5O.C11H9ClN4O.C11H9FN4O.2C11H10N4O2.C11H16N4O.C11H10N4O.C9H14N4O.C8H12N4O/c1-12(2)7-9(8-13(3,4)18-12)16-11(19)10-14-5-6-15-17-10;2*12-9-3-1-8(2-4-9)7-14-11(17)10-13-5-6-15-16-10;16-9-3-1-8(2-4-9)7-13-11(17)10-12-5-6-14-15-10;16-9-3-1-2-8(6-9)7-13-11(17)10-12-4-5-14-15-10;1-8-2-4-9(5-3-8)14-11(16)10-12-6-7-13-15-10;16-11(10-12-6-7-14-15-10)13-8-9-4-2-1-3-5-9;1-7(2)3-4-11-9(14)8-10-5-6-12-13-8;1-6(2)5-10-8(13)7-9-3-4-11-12-7/h5-6,9,18H,7-8H2,1-4H3,(H,16,19);2*1-6H,7H2,(H,14,17);2*1-6,16H,7H2,(H,13,17);6-9H,2-5H2,1H3,(H,14,16);1-7H,8H2,(H,13,16);5-7H,3-4H2,1-2H3,(H,11,14);3-4,6H,5H2,1-2H3,(H,10,13). The summed E-state index contributed by atoms with van der Waals surface area (Å²) in [6.07, 6.45) is 32.8. The summed E-state index contributed by atoms with van der Waals surface area (Å²) < 4.78 is 12.6. The smallest absolute Gasteiger partial charge is 0.291 e. The molecule has 12 N–H and O–H groups in total. The molecule has 0 bridgehead atoms. The molecule has 760 valence electrons. The van der Waals surface area contributed by atoms with E-state index in [9.17, 15) is 52.6 Å². The first-order valence-electron chi connectivity index (χ1n) is 45.5. The lowest BCUT2D eigenvalue weighted by Gasteiger charge is -2.46. The number of rotatable bonds is 26. The Balaban J connectivity index is 0.000000201. The molecule has 0 radical (unpaired) electrons. The lowest BCUT2D eigenvalue weighted by molar-refractivity contribution is 0.0856. The molecule has 50 heteroatoms. The minimum absolute atomic E-state index is 0.00447. The Hall–Kier alpha value is -17.8. The van der Waals surface area contributed by atoms with Crippen molar-refractivity contribution in [1.82, 2.24) is 190 Å². The van der Waals surface area contributed by atoms with Gasteiger partial charge in [0.1, 0.15) is 17.3 Å². The molecule has 1 saturated carbocycles. The van der Waals surface area contributed by atoms with Crippen molar-refractivity contribution in [2.45, 2.75) is 163 Å². The van der Waals surface area contributed by atoms with Crippen molar-refractivity contribution in [2.75, 3.05) is 13.1 Å². The first kappa shape index (κ1) is 113. The highest BCUT2D eigenvalue weighted by Gasteiger charge is 2.39. The molecule has 0 unspecified atom stereocenters. The number of hydrogen-bond donors (Lipinski definition) is 12. The summed E-state index contributed by atoms with van der Waals surface area (Å²) >= 11 is 5.75. The third-order valence-electron chi connectivity index (χ3n) is 19.5. The maximum Gasteiger partial charge on any atom is 0.291 e. The van der Waals surface area contributed by atoms with Crippen molar-refractivity contribution in [3.63, 3.8) is 0 Å². The van der Waals surface area contributed by atoms with Gasteiger partial charge in [-0.1, -0.05) is 125 Å². The van der Waals surface area contributed by atoms with Crippen molar-refractivity contribution in [3.8, 4) is 11.5 Å². The number of benzene rings is 5. The maximum atomic E-state index is 12.6. The molecular weight excluding hydrogens is 1900 g/mol.